The fraction of sp³-hybridized carbons (Fsp3) is 0.500. The average molecular weight is 374 g/mol. The summed E-state index contributed by atoms with van der Waals surface area (Å²) in [5.74, 6) is 1.88. The second kappa shape index (κ2) is 7.28. The van der Waals surface area contributed by atoms with E-state index in [1.54, 1.807) is 11.8 Å². The number of amides is 3. The summed E-state index contributed by atoms with van der Waals surface area (Å²) in [5, 5.41) is 6.01. The maximum Gasteiger partial charge on any atom is 0.240 e. The van der Waals surface area contributed by atoms with Crippen LogP contribution >= 0.6 is 11.8 Å². The Balaban J connectivity index is 1.30. The molecule has 3 amide bonds. The van der Waals surface area contributed by atoms with Crippen LogP contribution in [0, 0.1) is 0 Å². The highest BCUT2D eigenvalue weighted by atomic mass is 32.2. The van der Waals surface area contributed by atoms with Gasteiger partial charge in [-0.05, 0) is 17.2 Å². The van der Waals surface area contributed by atoms with Crippen molar-refractivity contribution in [3.8, 4) is 0 Å². The summed E-state index contributed by atoms with van der Waals surface area (Å²) in [4.78, 5) is 40.1. The molecule has 0 aliphatic carbocycles. The lowest BCUT2D eigenvalue weighted by atomic mass is 10.1. The zero-order chi connectivity index (χ0) is 18.1. The summed E-state index contributed by atoms with van der Waals surface area (Å²) in [5.41, 5.74) is 2.73. The number of hydrogen-bond donors (Lipinski definition) is 2. The summed E-state index contributed by atoms with van der Waals surface area (Å²) in [6.45, 7) is 2.34. The molecule has 3 aliphatic heterocycles. The molecule has 7 nitrogen and oxygen atoms in total. The Morgan fingerprint density at radius 2 is 1.92 bits per heavy atom. The number of nitrogens with one attached hydrogen (secondary N) is 2. The molecule has 0 spiro atoms. The van der Waals surface area contributed by atoms with Crippen LogP contribution < -0.4 is 10.6 Å². The Bertz CT molecular complexity index is 740. The van der Waals surface area contributed by atoms with Crippen LogP contribution in [0.4, 0.5) is 5.69 Å². The first-order valence-electron chi connectivity index (χ1n) is 8.89. The molecule has 0 radical (unpaired) electrons. The molecule has 0 bridgehead atoms. The van der Waals surface area contributed by atoms with Crippen molar-refractivity contribution in [2.24, 2.45) is 0 Å². The second-order valence-electron chi connectivity index (χ2n) is 6.87. The van der Waals surface area contributed by atoms with Gasteiger partial charge in [0.1, 0.15) is 0 Å². The number of piperazine rings is 1. The number of carbonyl (C=O) groups is 3. The maximum absolute atomic E-state index is 12.6. The second-order valence-corrected chi connectivity index (χ2v) is 7.90. The fourth-order valence-corrected chi connectivity index (χ4v) is 4.56. The van der Waals surface area contributed by atoms with Crippen molar-refractivity contribution >= 4 is 35.2 Å². The van der Waals surface area contributed by atoms with Gasteiger partial charge in [0.05, 0.1) is 18.9 Å². The molecule has 3 aliphatic rings. The van der Waals surface area contributed by atoms with E-state index in [0.29, 0.717) is 39.0 Å². The van der Waals surface area contributed by atoms with Gasteiger partial charge in [0.2, 0.25) is 17.7 Å². The van der Waals surface area contributed by atoms with E-state index in [4.69, 9.17) is 0 Å². The molecular weight excluding hydrogens is 352 g/mol. The van der Waals surface area contributed by atoms with Crippen molar-refractivity contribution in [1.82, 2.24) is 15.1 Å². The molecule has 1 aromatic rings. The summed E-state index contributed by atoms with van der Waals surface area (Å²) < 4.78 is 0. The first kappa shape index (κ1) is 17.4. The summed E-state index contributed by atoms with van der Waals surface area (Å²) >= 11 is 1.74. The van der Waals surface area contributed by atoms with Gasteiger partial charge in [-0.1, -0.05) is 12.1 Å². The van der Waals surface area contributed by atoms with E-state index in [1.807, 2.05) is 28.0 Å². The van der Waals surface area contributed by atoms with Crippen molar-refractivity contribution in [3.05, 3.63) is 29.3 Å². The largest absolute Gasteiger partial charge is 0.339 e. The topological polar surface area (TPSA) is 81.8 Å². The Labute approximate surface area is 156 Å². The Kier molecular flexibility index (Phi) is 4.86. The van der Waals surface area contributed by atoms with Crippen molar-refractivity contribution in [2.45, 2.75) is 18.9 Å². The summed E-state index contributed by atoms with van der Waals surface area (Å²) in [7, 11) is 0. The van der Waals surface area contributed by atoms with Gasteiger partial charge in [-0.3, -0.25) is 19.7 Å². The third-order valence-electron chi connectivity index (χ3n) is 5.11. The minimum Gasteiger partial charge on any atom is -0.339 e. The molecule has 3 heterocycles. The van der Waals surface area contributed by atoms with Crippen LogP contribution in [0.15, 0.2) is 18.2 Å². The molecule has 1 aromatic carbocycles. The van der Waals surface area contributed by atoms with Crippen LogP contribution in [0.3, 0.4) is 0 Å². The highest BCUT2D eigenvalue weighted by molar-refractivity contribution is 7.99. The lowest BCUT2D eigenvalue weighted by Crippen LogP contribution is -2.54. The zero-order valence-electron chi connectivity index (χ0n) is 14.5. The van der Waals surface area contributed by atoms with Gasteiger partial charge < -0.3 is 15.1 Å². The van der Waals surface area contributed by atoms with E-state index in [1.165, 1.54) is 0 Å². The van der Waals surface area contributed by atoms with Gasteiger partial charge in [-0.2, -0.15) is 0 Å². The van der Waals surface area contributed by atoms with Crippen LogP contribution in [-0.4, -0.2) is 71.4 Å². The predicted octanol–water partition coefficient (Wildman–Crippen LogP) is 0.0570. The highest BCUT2D eigenvalue weighted by Crippen LogP contribution is 2.24. The SMILES string of the molecule is O=C1Cc2cc(CC(=O)N3CCN(C(=O)C4CSCN4)CC3)ccc2N1. The van der Waals surface area contributed by atoms with E-state index in [2.05, 4.69) is 10.6 Å². The lowest BCUT2D eigenvalue weighted by molar-refractivity contribution is -0.140. The van der Waals surface area contributed by atoms with Gasteiger partial charge in [0, 0.05) is 43.5 Å². The summed E-state index contributed by atoms with van der Waals surface area (Å²) in [6.07, 6.45) is 0.710. The van der Waals surface area contributed by atoms with Crippen molar-refractivity contribution < 1.29 is 14.4 Å². The quantitative estimate of drug-likeness (QED) is 0.782. The first-order valence-corrected chi connectivity index (χ1v) is 10.0. The van der Waals surface area contributed by atoms with Gasteiger partial charge in [0.25, 0.3) is 0 Å². The van der Waals surface area contributed by atoms with Gasteiger partial charge in [0.15, 0.2) is 0 Å². The number of benzene rings is 1. The highest BCUT2D eigenvalue weighted by Gasteiger charge is 2.30. The van der Waals surface area contributed by atoms with Crippen LogP contribution in [0.5, 0.6) is 0 Å². The number of hydrogen-bond acceptors (Lipinski definition) is 5. The zero-order valence-corrected chi connectivity index (χ0v) is 15.3. The predicted molar refractivity (Wildman–Crippen MR) is 99.9 cm³/mol. The Hall–Kier alpha value is -2.06. The molecule has 4 rings (SSSR count). The maximum atomic E-state index is 12.6. The van der Waals surface area contributed by atoms with Crippen LogP contribution in [0.2, 0.25) is 0 Å². The molecule has 26 heavy (non-hydrogen) atoms. The minimum absolute atomic E-state index is 0.000539. The van der Waals surface area contributed by atoms with E-state index in [-0.39, 0.29) is 23.8 Å². The number of rotatable bonds is 3. The number of thioether (sulfide) groups is 1. The number of nitrogens with zero attached hydrogens (tertiary/aromatic N) is 2. The van der Waals surface area contributed by atoms with Crippen molar-refractivity contribution in [2.75, 3.05) is 43.1 Å². The molecule has 0 aromatic heterocycles. The molecule has 138 valence electrons. The van der Waals surface area contributed by atoms with Crippen molar-refractivity contribution in [3.63, 3.8) is 0 Å². The van der Waals surface area contributed by atoms with Crippen LogP contribution in [0.1, 0.15) is 11.1 Å². The smallest absolute Gasteiger partial charge is 0.240 e. The molecule has 2 N–H and O–H groups in total. The normalized spacial score (nSPS) is 22.3. The Morgan fingerprint density at radius 3 is 2.65 bits per heavy atom. The first-order chi connectivity index (χ1) is 12.6. The fourth-order valence-electron chi connectivity index (χ4n) is 3.63. The van der Waals surface area contributed by atoms with E-state index >= 15 is 0 Å². The standard InChI is InChI=1S/C18H22N4O3S/c23-16-9-13-7-12(1-2-14(13)20-16)8-17(24)21-3-5-22(6-4-21)18(25)15-10-26-11-19-15/h1-2,7,15,19H,3-6,8-11H2,(H,20,23). The third kappa shape index (κ3) is 3.57. The van der Waals surface area contributed by atoms with Gasteiger partial charge in [-0.15, -0.1) is 11.8 Å². The molecular formula is C18H22N4O3S. The van der Waals surface area contributed by atoms with Crippen LogP contribution in [0.25, 0.3) is 0 Å². The number of fused-ring (bicyclic) bond motifs is 1. The third-order valence-corrected chi connectivity index (χ3v) is 6.05. The molecule has 8 heteroatoms. The molecule has 1 unspecified atom stereocenters. The monoisotopic (exact) mass is 374 g/mol. The minimum atomic E-state index is -0.0787. The average Bonchev–Trinajstić information content (AvgIpc) is 3.29. The van der Waals surface area contributed by atoms with Gasteiger partial charge >= 0.3 is 0 Å². The Morgan fingerprint density at radius 1 is 1.15 bits per heavy atom. The molecule has 1 atom stereocenters. The number of carbonyl (C=O) groups excluding carboxylic acids is 3. The molecule has 2 saturated heterocycles. The van der Waals surface area contributed by atoms with Crippen molar-refractivity contribution in [1.29, 1.82) is 0 Å². The van der Waals surface area contributed by atoms with Gasteiger partial charge in [-0.25, -0.2) is 0 Å². The van der Waals surface area contributed by atoms with E-state index in [0.717, 1.165) is 28.4 Å². The summed E-state index contributed by atoms with van der Waals surface area (Å²) in [6, 6.07) is 5.62. The van der Waals surface area contributed by atoms with E-state index < -0.39 is 0 Å². The number of anilines is 1. The molecule has 0 saturated carbocycles. The lowest BCUT2D eigenvalue weighted by Gasteiger charge is -2.36. The van der Waals surface area contributed by atoms with E-state index in [9.17, 15) is 14.4 Å². The van der Waals surface area contributed by atoms with Crippen LogP contribution in [-0.2, 0) is 27.2 Å². The molecule has 2 fully saturated rings.